The maximum Gasteiger partial charge on any atom is 0.317 e. The lowest BCUT2D eigenvalue weighted by molar-refractivity contribution is 0.209. The van der Waals surface area contributed by atoms with Gasteiger partial charge >= 0.3 is 6.03 Å². The first-order valence-electron chi connectivity index (χ1n) is 5.79. The van der Waals surface area contributed by atoms with Gasteiger partial charge in [0.25, 0.3) is 0 Å². The highest BCUT2D eigenvalue weighted by molar-refractivity contribution is 5.74. The van der Waals surface area contributed by atoms with Crippen molar-refractivity contribution >= 4 is 6.03 Å². The summed E-state index contributed by atoms with van der Waals surface area (Å²) in [5, 5.41) is 2.92. The summed E-state index contributed by atoms with van der Waals surface area (Å²) in [5.74, 6) is 0. The van der Waals surface area contributed by atoms with E-state index in [0.29, 0.717) is 6.54 Å². The lowest BCUT2D eigenvalue weighted by atomic mass is 10.3. The van der Waals surface area contributed by atoms with Crippen molar-refractivity contribution in [2.75, 3.05) is 19.6 Å². The second-order valence-electron chi connectivity index (χ2n) is 4.00. The van der Waals surface area contributed by atoms with Gasteiger partial charge in [-0.15, -0.1) is 0 Å². The Bertz CT molecular complexity index is 333. The quantitative estimate of drug-likeness (QED) is 0.835. The molecule has 0 saturated carbocycles. The number of hydrogen-bond acceptors (Lipinski definition) is 2. The molecule has 0 spiro atoms. The average molecular weight is 219 g/mol. The number of likely N-dealkylation sites (tertiary alicyclic amines) is 1. The Morgan fingerprint density at radius 2 is 2.19 bits per heavy atom. The molecule has 16 heavy (non-hydrogen) atoms. The highest BCUT2D eigenvalue weighted by atomic mass is 16.2. The molecule has 1 saturated heterocycles. The molecular formula is C12H17N3O. The molecule has 1 aliphatic rings. The van der Waals surface area contributed by atoms with Gasteiger partial charge < -0.3 is 10.2 Å². The summed E-state index contributed by atoms with van der Waals surface area (Å²) in [6, 6.07) is 5.90. The Morgan fingerprint density at radius 1 is 1.38 bits per heavy atom. The molecule has 2 heterocycles. The lowest BCUT2D eigenvalue weighted by Crippen LogP contribution is -2.38. The van der Waals surface area contributed by atoms with Gasteiger partial charge in [-0.2, -0.15) is 0 Å². The van der Waals surface area contributed by atoms with E-state index in [2.05, 4.69) is 10.3 Å². The van der Waals surface area contributed by atoms with Crippen molar-refractivity contribution in [2.45, 2.75) is 19.3 Å². The molecule has 1 aliphatic heterocycles. The van der Waals surface area contributed by atoms with Crippen LogP contribution in [0.5, 0.6) is 0 Å². The molecule has 2 amide bonds. The van der Waals surface area contributed by atoms with Gasteiger partial charge in [-0.25, -0.2) is 4.79 Å². The molecule has 2 rings (SSSR count). The Labute approximate surface area is 95.7 Å². The van der Waals surface area contributed by atoms with Gasteiger partial charge in [0, 0.05) is 37.9 Å². The summed E-state index contributed by atoms with van der Waals surface area (Å²) in [7, 11) is 0. The molecule has 1 fully saturated rings. The van der Waals surface area contributed by atoms with E-state index in [-0.39, 0.29) is 6.03 Å². The van der Waals surface area contributed by atoms with Crippen molar-refractivity contribution in [3.63, 3.8) is 0 Å². The number of nitrogens with one attached hydrogen (secondary N) is 1. The molecule has 1 aromatic heterocycles. The highest BCUT2D eigenvalue weighted by Gasteiger charge is 2.16. The summed E-state index contributed by atoms with van der Waals surface area (Å²) in [6.07, 6.45) is 4.83. The maximum absolute atomic E-state index is 11.6. The SMILES string of the molecule is O=C(NCCc1ccccn1)N1CCCC1. The highest BCUT2D eigenvalue weighted by Crippen LogP contribution is 2.06. The monoisotopic (exact) mass is 219 g/mol. The van der Waals surface area contributed by atoms with Crippen LogP contribution in [0.15, 0.2) is 24.4 Å². The third kappa shape index (κ3) is 2.95. The molecule has 0 unspecified atom stereocenters. The van der Waals surface area contributed by atoms with E-state index in [1.54, 1.807) is 6.20 Å². The molecule has 0 bridgehead atoms. The average Bonchev–Trinajstić information content (AvgIpc) is 2.84. The minimum atomic E-state index is 0.0634. The van der Waals surface area contributed by atoms with E-state index in [9.17, 15) is 4.79 Å². The Kier molecular flexibility index (Phi) is 3.75. The minimum Gasteiger partial charge on any atom is -0.338 e. The fourth-order valence-corrected chi connectivity index (χ4v) is 1.88. The molecule has 4 nitrogen and oxygen atoms in total. The molecule has 0 aromatic carbocycles. The van der Waals surface area contributed by atoms with Crippen LogP contribution < -0.4 is 5.32 Å². The summed E-state index contributed by atoms with van der Waals surface area (Å²) >= 11 is 0. The second kappa shape index (κ2) is 5.49. The Hall–Kier alpha value is -1.58. The van der Waals surface area contributed by atoms with E-state index in [1.165, 1.54) is 0 Å². The molecule has 0 radical (unpaired) electrons. The van der Waals surface area contributed by atoms with Crippen LogP contribution in [-0.2, 0) is 6.42 Å². The zero-order valence-electron chi connectivity index (χ0n) is 9.35. The van der Waals surface area contributed by atoms with E-state index < -0.39 is 0 Å². The first-order valence-corrected chi connectivity index (χ1v) is 5.79. The van der Waals surface area contributed by atoms with E-state index in [0.717, 1.165) is 38.0 Å². The number of amides is 2. The van der Waals surface area contributed by atoms with Crippen molar-refractivity contribution in [2.24, 2.45) is 0 Å². The zero-order chi connectivity index (χ0) is 11.2. The normalized spacial score (nSPS) is 15.1. The number of aromatic nitrogens is 1. The zero-order valence-corrected chi connectivity index (χ0v) is 9.35. The summed E-state index contributed by atoms with van der Waals surface area (Å²) < 4.78 is 0. The fourth-order valence-electron chi connectivity index (χ4n) is 1.88. The van der Waals surface area contributed by atoms with Crippen LogP contribution in [0.4, 0.5) is 4.79 Å². The second-order valence-corrected chi connectivity index (χ2v) is 4.00. The van der Waals surface area contributed by atoms with Crippen molar-refractivity contribution in [1.29, 1.82) is 0 Å². The van der Waals surface area contributed by atoms with Crippen molar-refractivity contribution in [1.82, 2.24) is 15.2 Å². The van der Waals surface area contributed by atoms with Crippen LogP contribution >= 0.6 is 0 Å². The third-order valence-electron chi connectivity index (χ3n) is 2.78. The number of rotatable bonds is 3. The van der Waals surface area contributed by atoms with Crippen LogP contribution in [0.1, 0.15) is 18.5 Å². The summed E-state index contributed by atoms with van der Waals surface area (Å²) in [5.41, 5.74) is 1.02. The van der Waals surface area contributed by atoms with Crippen molar-refractivity contribution in [3.8, 4) is 0 Å². The van der Waals surface area contributed by atoms with Gasteiger partial charge in [0.15, 0.2) is 0 Å². The smallest absolute Gasteiger partial charge is 0.317 e. The van der Waals surface area contributed by atoms with E-state index >= 15 is 0 Å². The first-order chi connectivity index (χ1) is 7.86. The number of pyridine rings is 1. The van der Waals surface area contributed by atoms with Crippen LogP contribution in [0, 0.1) is 0 Å². The van der Waals surface area contributed by atoms with Gasteiger partial charge in [0.1, 0.15) is 0 Å². The molecule has 4 heteroatoms. The van der Waals surface area contributed by atoms with Crippen molar-refractivity contribution < 1.29 is 4.79 Å². The fraction of sp³-hybridized carbons (Fsp3) is 0.500. The molecular weight excluding hydrogens is 202 g/mol. The Morgan fingerprint density at radius 3 is 2.88 bits per heavy atom. The van der Waals surface area contributed by atoms with Crippen LogP contribution in [0.2, 0.25) is 0 Å². The molecule has 0 atom stereocenters. The predicted octanol–water partition coefficient (Wildman–Crippen LogP) is 1.43. The number of urea groups is 1. The lowest BCUT2D eigenvalue weighted by Gasteiger charge is -2.15. The van der Waals surface area contributed by atoms with E-state index in [1.807, 2.05) is 23.1 Å². The van der Waals surface area contributed by atoms with Gasteiger partial charge in [-0.05, 0) is 25.0 Å². The van der Waals surface area contributed by atoms with E-state index in [4.69, 9.17) is 0 Å². The number of hydrogen-bond donors (Lipinski definition) is 1. The molecule has 1 aromatic rings. The molecule has 1 N–H and O–H groups in total. The topological polar surface area (TPSA) is 45.2 Å². The predicted molar refractivity (Wildman–Crippen MR) is 62.1 cm³/mol. The number of nitrogens with zero attached hydrogens (tertiary/aromatic N) is 2. The van der Waals surface area contributed by atoms with Crippen LogP contribution in [0.25, 0.3) is 0 Å². The summed E-state index contributed by atoms with van der Waals surface area (Å²) in [4.78, 5) is 17.7. The van der Waals surface area contributed by atoms with Gasteiger partial charge in [0.2, 0.25) is 0 Å². The maximum atomic E-state index is 11.6. The number of carbonyl (C=O) groups excluding carboxylic acids is 1. The third-order valence-corrected chi connectivity index (χ3v) is 2.78. The van der Waals surface area contributed by atoms with Crippen LogP contribution in [-0.4, -0.2) is 35.5 Å². The largest absolute Gasteiger partial charge is 0.338 e. The van der Waals surface area contributed by atoms with Gasteiger partial charge in [-0.1, -0.05) is 6.07 Å². The first kappa shape index (κ1) is 10.9. The van der Waals surface area contributed by atoms with Crippen molar-refractivity contribution in [3.05, 3.63) is 30.1 Å². The summed E-state index contributed by atoms with van der Waals surface area (Å²) in [6.45, 7) is 2.46. The standard InChI is InChI=1S/C12H17N3O/c16-12(15-9-3-4-10-15)14-8-6-11-5-1-2-7-13-11/h1-2,5,7H,3-4,6,8-10H2,(H,14,16). The van der Waals surface area contributed by atoms with Gasteiger partial charge in [-0.3, -0.25) is 4.98 Å². The molecule has 0 aliphatic carbocycles. The van der Waals surface area contributed by atoms with Gasteiger partial charge in [0.05, 0.1) is 0 Å². The Balaban J connectivity index is 1.70. The number of carbonyl (C=O) groups is 1. The minimum absolute atomic E-state index is 0.0634. The van der Waals surface area contributed by atoms with Crippen LogP contribution in [0.3, 0.4) is 0 Å². The molecule has 86 valence electrons.